The third-order valence-electron chi connectivity index (χ3n) is 1.99. The normalized spacial score (nSPS) is 10.2. The minimum Gasteiger partial charge on any atom is -0.390 e. The Bertz CT molecular complexity index is 547. The first-order chi connectivity index (χ1) is 8.19. The molecule has 2 aromatic heterocycles. The lowest BCUT2D eigenvalue weighted by Crippen LogP contribution is -2.21. The maximum Gasteiger partial charge on any atom is 0.212 e. The van der Waals surface area contributed by atoms with Crippen LogP contribution in [0.1, 0.15) is 5.69 Å². The molecule has 0 atom stereocenters. The summed E-state index contributed by atoms with van der Waals surface area (Å²) < 4.78 is 0. The molecule has 0 aliphatic carbocycles. The van der Waals surface area contributed by atoms with Crippen LogP contribution in [0.4, 0.5) is 5.13 Å². The van der Waals surface area contributed by atoms with Crippen LogP contribution in [0.3, 0.4) is 0 Å². The van der Waals surface area contributed by atoms with Crippen molar-refractivity contribution >= 4 is 22.4 Å². The van der Waals surface area contributed by atoms with Gasteiger partial charge in [0.05, 0.1) is 18.0 Å². The fraction of sp³-hybridized carbons (Fsp3) is 0.100. The summed E-state index contributed by atoms with van der Waals surface area (Å²) >= 11 is 1.34. The lowest BCUT2D eigenvalue weighted by molar-refractivity contribution is 0.277. The minimum atomic E-state index is -0.0985. The first kappa shape index (κ1) is 11.5. The zero-order valence-corrected chi connectivity index (χ0v) is 9.68. The van der Waals surface area contributed by atoms with Crippen LogP contribution in [0, 0.1) is 0 Å². The number of pyridine rings is 1. The molecule has 2 rings (SSSR count). The molecular weight excluding hydrogens is 238 g/mol. The highest BCUT2D eigenvalue weighted by molar-refractivity contribution is 7.13. The van der Waals surface area contributed by atoms with Gasteiger partial charge < -0.3 is 16.6 Å². The summed E-state index contributed by atoms with van der Waals surface area (Å²) in [5, 5.41) is 11.3. The van der Waals surface area contributed by atoms with E-state index < -0.39 is 0 Å². The van der Waals surface area contributed by atoms with Crippen LogP contribution in [-0.4, -0.2) is 21.0 Å². The molecule has 17 heavy (non-hydrogen) atoms. The van der Waals surface area contributed by atoms with Crippen molar-refractivity contribution in [3.8, 4) is 11.3 Å². The Labute approximate surface area is 102 Å². The summed E-state index contributed by atoms with van der Waals surface area (Å²) in [5.41, 5.74) is 12.8. The molecule has 7 heteroatoms. The van der Waals surface area contributed by atoms with Crippen molar-refractivity contribution in [2.45, 2.75) is 6.61 Å². The number of aliphatic imine (C=N–C) groups is 1. The fourth-order valence-electron chi connectivity index (χ4n) is 1.28. The van der Waals surface area contributed by atoms with Gasteiger partial charge in [-0.2, -0.15) is 4.99 Å². The highest BCUT2D eigenvalue weighted by Crippen LogP contribution is 2.26. The number of hydrogen-bond donors (Lipinski definition) is 3. The third-order valence-corrected chi connectivity index (χ3v) is 2.73. The Hall–Kier alpha value is -1.99. The quantitative estimate of drug-likeness (QED) is 0.545. The van der Waals surface area contributed by atoms with Gasteiger partial charge in [0.25, 0.3) is 0 Å². The summed E-state index contributed by atoms with van der Waals surface area (Å²) in [6.45, 7) is -0.0985. The average molecular weight is 249 g/mol. The molecule has 0 spiro atoms. The van der Waals surface area contributed by atoms with Crippen molar-refractivity contribution in [1.82, 2.24) is 9.97 Å². The molecule has 6 nitrogen and oxygen atoms in total. The Kier molecular flexibility index (Phi) is 3.31. The van der Waals surface area contributed by atoms with Crippen molar-refractivity contribution in [2.75, 3.05) is 0 Å². The van der Waals surface area contributed by atoms with Gasteiger partial charge in [-0.05, 0) is 12.1 Å². The second kappa shape index (κ2) is 4.89. The number of guanidine groups is 1. The number of thiazole rings is 1. The smallest absolute Gasteiger partial charge is 0.212 e. The fourth-order valence-corrected chi connectivity index (χ4v) is 2.00. The molecule has 2 heterocycles. The van der Waals surface area contributed by atoms with E-state index in [-0.39, 0.29) is 12.6 Å². The van der Waals surface area contributed by atoms with Crippen molar-refractivity contribution in [3.63, 3.8) is 0 Å². The molecule has 0 aromatic carbocycles. The highest BCUT2D eigenvalue weighted by Gasteiger charge is 2.05. The molecule has 0 aliphatic rings. The molecule has 2 aromatic rings. The van der Waals surface area contributed by atoms with Gasteiger partial charge in [-0.25, -0.2) is 4.98 Å². The summed E-state index contributed by atoms with van der Waals surface area (Å²) in [7, 11) is 0. The Morgan fingerprint density at radius 2 is 2.29 bits per heavy atom. The van der Waals surface area contributed by atoms with Crippen molar-refractivity contribution < 1.29 is 5.11 Å². The van der Waals surface area contributed by atoms with E-state index in [4.69, 9.17) is 16.6 Å². The standard InChI is InChI=1S/C10H11N5OS/c11-9(12)15-10-14-8(5-17-10)6-1-2-13-7(3-6)4-16/h1-3,5,16H,4H2,(H4,11,12,14,15). The van der Waals surface area contributed by atoms with Crippen LogP contribution in [0.5, 0.6) is 0 Å². The van der Waals surface area contributed by atoms with Gasteiger partial charge in [-0.15, -0.1) is 11.3 Å². The maximum absolute atomic E-state index is 9.00. The first-order valence-electron chi connectivity index (χ1n) is 4.80. The Morgan fingerprint density at radius 3 is 3.00 bits per heavy atom. The molecule has 0 saturated carbocycles. The van der Waals surface area contributed by atoms with Crippen LogP contribution >= 0.6 is 11.3 Å². The van der Waals surface area contributed by atoms with Gasteiger partial charge in [0, 0.05) is 17.1 Å². The van der Waals surface area contributed by atoms with Crippen LogP contribution in [-0.2, 0) is 6.61 Å². The number of rotatable bonds is 3. The molecule has 5 N–H and O–H groups in total. The molecule has 0 unspecified atom stereocenters. The van der Waals surface area contributed by atoms with Gasteiger partial charge in [0.2, 0.25) is 5.13 Å². The Morgan fingerprint density at radius 1 is 1.47 bits per heavy atom. The van der Waals surface area contributed by atoms with Crippen LogP contribution in [0.15, 0.2) is 28.7 Å². The molecule has 0 bridgehead atoms. The van der Waals surface area contributed by atoms with E-state index in [9.17, 15) is 0 Å². The van der Waals surface area contributed by atoms with Crippen LogP contribution < -0.4 is 11.5 Å². The van der Waals surface area contributed by atoms with E-state index >= 15 is 0 Å². The zero-order valence-electron chi connectivity index (χ0n) is 8.87. The molecule has 0 radical (unpaired) electrons. The molecule has 88 valence electrons. The number of aliphatic hydroxyl groups excluding tert-OH is 1. The molecule has 0 aliphatic heterocycles. The average Bonchev–Trinajstić information content (AvgIpc) is 2.77. The second-order valence-electron chi connectivity index (χ2n) is 3.25. The van der Waals surface area contributed by atoms with Gasteiger partial charge in [-0.1, -0.05) is 0 Å². The van der Waals surface area contributed by atoms with Crippen LogP contribution in [0.2, 0.25) is 0 Å². The van der Waals surface area contributed by atoms with E-state index in [2.05, 4.69) is 15.0 Å². The number of nitrogens with zero attached hydrogens (tertiary/aromatic N) is 3. The van der Waals surface area contributed by atoms with Gasteiger partial charge >= 0.3 is 0 Å². The van der Waals surface area contributed by atoms with Crippen molar-refractivity contribution in [2.24, 2.45) is 16.5 Å². The van der Waals surface area contributed by atoms with E-state index in [1.54, 1.807) is 12.3 Å². The lowest BCUT2D eigenvalue weighted by atomic mass is 10.2. The SMILES string of the molecule is NC(N)=Nc1nc(-c2ccnc(CO)c2)cs1. The summed E-state index contributed by atoms with van der Waals surface area (Å²) in [4.78, 5) is 12.1. The molecule has 0 saturated heterocycles. The summed E-state index contributed by atoms with van der Waals surface area (Å²) in [6.07, 6.45) is 1.63. The van der Waals surface area contributed by atoms with E-state index in [0.29, 0.717) is 10.8 Å². The monoisotopic (exact) mass is 249 g/mol. The van der Waals surface area contributed by atoms with Crippen LogP contribution in [0.25, 0.3) is 11.3 Å². The summed E-state index contributed by atoms with van der Waals surface area (Å²) in [5.74, 6) is -0.0170. The largest absolute Gasteiger partial charge is 0.390 e. The van der Waals surface area contributed by atoms with Gasteiger partial charge in [-0.3, -0.25) is 4.98 Å². The predicted octanol–water partition coefficient (Wildman–Crippen LogP) is 0.602. The molecule has 0 amide bonds. The summed E-state index contributed by atoms with van der Waals surface area (Å²) in [6, 6.07) is 3.59. The van der Waals surface area contributed by atoms with E-state index in [1.807, 2.05) is 11.4 Å². The van der Waals surface area contributed by atoms with Crippen molar-refractivity contribution in [3.05, 3.63) is 29.4 Å². The van der Waals surface area contributed by atoms with E-state index in [0.717, 1.165) is 11.3 Å². The second-order valence-corrected chi connectivity index (χ2v) is 4.08. The number of aliphatic hydroxyl groups is 1. The molecular formula is C10H11N5OS. The molecule has 0 fully saturated rings. The third kappa shape index (κ3) is 2.77. The van der Waals surface area contributed by atoms with Crippen molar-refractivity contribution in [1.29, 1.82) is 0 Å². The minimum absolute atomic E-state index is 0.0170. The number of hydrogen-bond acceptors (Lipinski definition) is 5. The number of aromatic nitrogens is 2. The predicted molar refractivity (Wildman–Crippen MR) is 66.7 cm³/mol. The lowest BCUT2D eigenvalue weighted by Gasteiger charge is -1.98. The highest BCUT2D eigenvalue weighted by atomic mass is 32.1. The number of nitrogens with two attached hydrogens (primary N) is 2. The van der Waals surface area contributed by atoms with Gasteiger partial charge in [0.1, 0.15) is 0 Å². The Balaban J connectivity index is 2.33. The van der Waals surface area contributed by atoms with Gasteiger partial charge in [0.15, 0.2) is 5.96 Å². The maximum atomic E-state index is 9.00. The zero-order chi connectivity index (χ0) is 12.3. The topological polar surface area (TPSA) is 110 Å². The first-order valence-corrected chi connectivity index (χ1v) is 5.68. The van der Waals surface area contributed by atoms with E-state index in [1.165, 1.54) is 11.3 Å².